The molecule has 106 valence electrons. The summed E-state index contributed by atoms with van der Waals surface area (Å²) in [6, 6.07) is 16.9. The van der Waals surface area contributed by atoms with E-state index in [0.29, 0.717) is 22.2 Å². The summed E-state index contributed by atoms with van der Waals surface area (Å²) < 4.78 is 0. The van der Waals surface area contributed by atoms with E-state index in [9.17, 15) is 5.11 Å². The third kappa shape index (κ3) is 3.18. The highest BCUT2D eigenvalue weighted by Crippen LogP contribution is 2.26. The molecule has 0 aliphatic heterocycles. The van der Waals surface area contributed by atoms with Crippen LogP contribution in [0.1, 0.15) is 17.4 Å². The van der Waals surface area contributed by atoms with Crippen LogP contribution in [0.5, 0.6) is 0 Å². The number of hydrogen-bond donors (Lipinski definition) is 1. The van der Waals surface area contributed by atoms with Crippen molar-refractivity contribution < 1.29 is 5.11 Å². The first-order chi connectivity index (χ1) is 10.1. The number of pyridine rings is 1. The molecule has 0 aliphatic rings. The van der Waals surface area contributed by atoms with Crippen molar-refractivity contribution in [2.75, 3.05) is 0 Å². The van der Waals surface area contributed by atoms with Crippen LogP contribution in [0.15, 0.2) is 54.6 Å². The molecule has 1 N–H and O–H groups in total. The first-order valence-electron chi connectivity index (χ1n) is 6.61. The lowest BCUT2D eigenvalue weighted by Crippen LogP contribution is -2.04. The van der Waals surface area contributed by atoms with Gasteiger partial charge in [0.25, 0.3) is 0 Å². The van der Waals surface area contributed by atoms with Crippen molar-refractivity contribution in [1.82, 2.24) is 4.98 Å². The fraction of sp³-hybridized carbons (Fsp3) is 0.118. The van der Waals surface area contributed by atoms with Crippen molar-refractivity contribution in [3.63, 3.8) is 0 Å². The van der Waals surface area contributed by atoms with Crippen molar-refractivity contribution in [3.8, 4) is 0 Å². The van der Waals surface area contributed by atoms with Gasteiger partial charge in [0.05, 0.1) is 11.2 Å². The van der Waals surface area contributed by atoms with Crippen LogP contribution >= 0.6 is 23.2 Å². The van der Waals surface area contributed by atoms with Gasteiger partial charge in [-0.15, -0.1) is 0 Å². The summed E-state index contributed by atoms with van der Waals surface area (Å²) >= 11 is 12.1. The Balaban J connectivity index is 1.89. The number of para-hydroxylation sites is 1. The van der Waals surface area contributed by atoms with Gasteiger partial charge in [-0.05, 0) is 35.9 Å². The highest BCUT2D eigenvalue weighted by molar-refractivity contribution is 6.33. The van der Waals surface area contributed by atoms with Crippen LogP contribution in [0.25, 0.3) is 10.9 Å². The molecule has 0 spiro atoms. The molecule has 0 radical (unpaired) electrons. The minimum absolute atomic E-state index is 0.380. The van der Waals surface area contributed by atoms with Gasteiger partial charge in [-0.3, -0.25) is 4.98 Å². The SMILES string of the molecule is OC(Cc1cc(Cl)ccc1Cl)c1ccc2ccccc2n1. The van der Waals surface area contributed by atoms with Crippen LogP contribution in [0, 0.1) is 0 Å². The molecule has 1 atom stereocenters. The van der Waals surface area contributed by atoms with Gasteiger partial charge in [-0.2, -0.15) is 0 Å². The molecule has 21 heavy (non-hydrogen) atoms. The largest absolute Gasteiger partial charge is 0.386 e. The van der Waals surface area contributed by atoms with Crippen molar-refractivity contribution in [2.24, 2.45) is 0 Å². The second kappa shape index (κ2) is 6.02. The fourth-order valence-corrected chi connectivity index (χ4v) is 2.67. The van der Waals surface area contributed by atoms with Crippen LogP contribution in [-0.4, -0.2) is 10.1 Å². The summed E-state index contributed by atoms with van der Waals surface area (Å²) in [4.78, 5) is 4.50. The van der Waals surface area contributed by atoms with Crippen LogP contribution in [0.2, 0.25) is 10.0 Å². The summed E-state index contributed by atoms with van der Waals surface area (Å²) in [5, 5.41) is 12.6. The van der Waals surface area contributed by atoms with Gasteiger partial charge in [0, 0.05) is 21.9 Å². The maximum absolute atomic E-state index is 10.4. The van der Waals surface area contributed by atoms with Gasteiger partial charge >= 0.3 is 0 Å². The lowest BCUT2D eigenvalue weighted by molar-refractivity contribution is 0.174. The number of hydrogen-bond acceptors (Lipinski definition) is 2. The van der Waals surface area contributed by atoms with Gasteiger partial charge in [0.15, 0.2) is 0 Å². The number of nitrogens with zero attached hydrogens (tertiary/aromatic N) is 1. The molecule has 0 amide bonds. The zero-order chi connectivity index (χ0) is 14.8. The normalized spacial score (nSPS) is 12.5. The molecular formula is C17H13Cl2NO. The van der Waals surface area contributed by atoms with E-state index in [1.54, 1.807) is 18.2 Å². The first-order valence-corrected chi connectivity index (χ1v) is 7.37. The lowest BCUT2D eigenvalue weighted by Gasteiger charge is -2.12. The molecule has 3 aromatic rings. The van der Waals surface area contributed by atoms with Gasteiger partial charge < -0.3 is 5.11 Å². The van der Waals surface area contributed by atoms with E-state index in [4.69, 9.17) is 23.2 Å². The van der Waals surface area contributed by atoms with Crippen LogP contribution in [0.4, 0.5) is 0 Å². The number of rotatable bonds is 3. The van der Waals surface area contributed by atoms with Crippen LogP contribution in [0.3, 0.4) is 0 Å². The zero-order valence-electron chi connectivity index (χ0n) is 11.1. The Morgan fingerprint density at radius 2 is 1.81 bits per heavy atom. The predicted molar refractivity (Wildman–Crippen MR) is 86.9 cm³/mol. The van der Waals surface area contributed by atoms with Gasteiger partial charge in [0.1, 0.15) is 6.10 Å². The van der Waals surface area contributed by atoms with E-state index in [1.807, 2.05) is 36.4 Å². The molecule has 1 heterocycles. The smallest absolute Gasteiger partial charge is 0.100 e. The van der Waals surface area contributed by atoms with Crippen molar-refractivity contribution >= 4 is 34.1 Å². The monoisotopic (exact) mass is 317 g/mol. The zero-order valence-corrected chi connectivity index (χ0v) is 12.6. The van der Waals surface area contributed by atoms with Crippen LogP contribution < -0.4 is 0 Å². The number of aliphatic hydroxyl groups excluding tert-OH is 1. The number of benzene rings is 2. The molecule has 2 aromatic carbocycles. The maximum Gasteiger partial charge on any atom is 0.100 e. The average molecular weight is 318 g/mol. The Bertz CT molecular complexity index is 789. The van der Waals surface area contributed by atoms with E-state index in [2.05, 4.69) is 4.98 Å². The minimum atomic E-state index is -0.717. The van der Waals surface area contributed by atoms with Crippen LogP contribution in [-0.2, 0) is 6.42 Å². The lowest BCUT2D eigenvalue weighted by atomic mass is 10.0. The van der Waals surface area contributed by atoms with Crippen molar-refractivity contribution in [3.05, 3.63) is 75.9 Å². The fourth-order valence-electron chi connectivity index (χ4n) is 2.28. The molecule has 0 fully saturated rings. The Morgan fingerprint density at radius 3 is 2.67 bits per heavy atom. The molecule has 0 saturated heterocycles. The molecule has 0 bridgehead atoms. The number of aromatic nitrogens is 1. The third-order valence-electron chi connectivity index (χ3n) is 3.38. The second-order valence-corrected chi connectivity index (χ2v) is 5.73. The molecule has 0 aliphatic carbocycles. The number of aliphatic hydroxyl groups is 1. The Morgan fingerprint density at radius 1 is 1.00 bits per heavy atom. The summed E-state index contributed by atoms with van der Waals surface area (Å²) in [7, 11) is 0. The summed E-state index contributed by atoms with van der Waals surface area (Å²) in [6.07, 6.45) is -0.337. The minimum Gasteiger partial charge on any atom is -0.386 e. The van der Waals surface area contributed by atoms with E-state index in [1.165, 1.54) is 0 Å². The Labute approximate surface area is 133 Å². The van der Waals surface area contributed by atoms with E-state index >= 15 is 0 Å². The molecule has 2 nitrogen and oxygen atoms in total. The van der Waals surface area contributed by atoms with E-state index < -0.39 is 6.10 Å². The highest BCUT2D eigenvalue weighted by Gasteiger charge is 2.13. The topological polar surface area (TPSA) is 33.1 Å². The summed E-state index contributed by atoms with van der Waals surface area (Å²) in [5.41, 5.74) is 2.31. The third-order valence-corrected chi connectivity index (χ3v) is 3.99. The molecule has 1 unspecified atom stereocenters. The molecular weight excluding hydrogens is 305 g/mol. The first kappa shape index (κ1) is 14.3. The van der Waals surface area contributed by atoms with Crippen molar-refractivity contribution in [2.45, 2.75) is 12.5 Å². The van der Waals surface area contributed by atoms with Gasteiger partial charge in [0.2, 0.25) is 0 Å². The number of fused-ring (bicyclic) bond motifs is 1. The Kier molecular flexibility index (Phi) is 4.11. The molecule has 3 rings (SSSR count). The Hall–Kier alpha value is -1.61. The molecule has 0 saturated carbocycles. The summed E-state index contributed by atoms with van der Waals surface area (Å²) in [6.45, 7) is 0. The summed E-state index contributed by atoms with van der Waals surface area (Å²) in [5.74, 6) is 0. The maximum atomic E-state index is 10.4. The van der Waals surface area contributed by atoms with Crippen molar-refractivity contribution in [1.29, 1.82) is 0 Å². The van der Waals surface area contributed by atoms with E-state index in [-0.39, 0.29) is 0 Å². The van der Waals surface area contributed by atoms with E-state index in [0.717, 1.165) is 16.5 Å². The molecule has 1 aromatic heterocycles. The quantitative estimate of drug-likeness (QED) is 0.751. The average Bonchev–Trinajstić information content (AvgIpc) is 2.50. The van der Waals surface area contributed by atoms with Gasteiger partial charge in [-0.25, -0.2) is 0 Å². The van der Waals surface area contributed by atoms with Gasteiger partial charge in [-0.1, -0.05) is 47.5 Å². The number of halogens is 2. The molecule has 4 heteroatoms. The second-order valence-electron chi connectivity index (χ2n) is 4.88. The standard InChI is InChI=1S/C17H13Cl2NO/c18-13-6-7-14(19)12(9-13)10-17(21)16-8-5-11-3-1-2-4-15(11)20-16/h1-9,17,21H,10H2. The predicted octanol–water partition coefficient (Wildman–Crippen LogP) is 4.82. The highest BCUT2D eigenvalue weighted by atomic mass is 35.5.